The Morgan fingerprint density at radius 2 is 2.19 bits per heavy atom. The van der Waals surface area contributed by atoms with Crippen molar-refractivity contribution in [2.24, 2.45) is 0 Å². The van der Waals surface area contributed by atoms with Crippen LogP contribution in [0.4, 0.5) is 0 Å². The van der Waals surface area contributed by atoms with Crippen LogP contribution in [0.15, 0.2) is 42.6 Å². The van der Waals surface area contributed by atoms with Crippen LogP contribution in [-0.2, 0) is 6.42 Å². The number of rotatable bonds is 4. The van der Waals surface area contributed by atoms with Crippen LogP contribution in [0.25, 0.3) is 0 Å². The number of benzene rings is 1. The molecule has 1 atom stereocenters. The summed E-state index contributed by atoms with van der Waals surface area (Å²) in [5.74, 6) is 0.261. The molecule has 1 N–H and O–H groups in total. The molecule has 4 heteroatoms. The highest BCUT2D eigenvalue weighted by atomic mass is 16.5. The summed E-state index contributed by atoms with van der Waals surface area (Å²) >= 11 is 0. The minimum atomic E-state index is -0.131. The maximum atomic E-state index is 12.5. The molecule has 0 saturated heterocycles. The van der Waals surface area contributed by atoms with Crippen LogP contribution in [0, 0.1) is 0 Å². The van der Waals surface area contributed by atoms with E-state index in [2.05, 4.69) is 22.4 Å². The van der Waals surface area contributed by atoms with Gasteiger partial charge < -0.3 is 10.1 Å². The largest absolute Gasteiger partial charge is 0.477 e. The van der Waals surface area contributed by atoms with Crippen LogP contribution < -0.4 is 10.1 Å². The number of fused-ring (bicyclic) bond motifs is 1. The van der Waals surface area contributed by atoms with E-state index in [-0.39, 0.29) is 11.9 Å². The van der Waals surface area contributed by atoms with Gasteiger partial charge in [-0.25, -0.2) is 4.98 Å². The van der Waals surface area contributed by atoms with Crippen LogP contribution in [-0.4, -0.2) is 17.5 Å². The Bertz CT molecular complexity index is 655. The van der Waals surface area contributed by atoms with Gasteiger partial charge in [-0.1, -0.05) is 24.3 Å². The van der Waals surface area contributed by atoms with Crippen molar-refractivity contribution in [2.45, 2.75) is 25.8 Å². The highest BCUT2D eigenvalue weighted by Gasteiger charge is 2.25. The van der Waals surface area contributed by atoms with Crippen molar-refractivity contribution < 1.29 is 9.53 Å². The number of hydrogen-bond donors (Lipinski definition) is 1. The molecule has 108 valence electrons. The highest BCUT2D eigenvalue weighted by molar-refractivity contribution is 5.96. The van der Waals surface area contributed by atoms with Crippen LogP contribution in [0.2, 0.25) is 0 Å². The van der Waals surface area contributed by atoms with Crippen molar-refractivity contribution in [3.63, 3.8) is 0 Å². The second-order valence-electron chi connectivity index (χ2n) is 5.05. The first-order valence-electron chi connectivity index (χ1n) is 7.26. The molecule has 0 bridgehead atoms. The number of aryl methyl sites for hydroxylation is 1. The second-order valence-corrected chi connectivity index (χ2v) is 5.05. The number of pyridine rings is 1. The molecule has 1 aliphatic rings. The third-order valence-electron chi connectivity index (χ3n) is 3.74. The van der Waals surface area contributed by atoms with Gasteiger partial charge in [-0.05, 0) is 43.0 Å². The first-order valence-corrected chi connectivity index (χ1v) is 7.26. The normalized spacial score (nSPS) is 16.3. The molecule has 1 aromatic carbocycles. The van der Waals surface area contributed by atoms with Crippen molar-refractivity contribution in [2.75, 3.05) is 6.61 Å². The molecular weight excluding hydrogens is 264 g/mol. The van der Waals surface area contributed by atoms with Gasteiger partial charge in [-0.2, -0.15) is 0 Å². The van der Waals surface area contributed by atoms with Gasteiger partial charge in [0.2, 0.25) is 5.88 Å². The quantitative estimate of drug-likeness (QED) is 0.938. The maximum absolute atomic E-state index is 12.5. The zero-order valence-electron chi connectivity index (χ0n) is 12.0. The summed E-state index contributed by atoms with van der Waals surface area (Å²) in [5, 5.41) is 3.09. The van der Waals surface area contributed by atoms with Crippen LogP contribution in [0.3, 0.4) is 0 Å². The Hall–Kier alpha value is -2.36. The van der Waals surface area contributed by atoms with E-state index in [1.807, 2.05) is 19.1 Å². The number of nitrogens with one attached hydrogen (secondary N) is 1. The van der Waals surface area contributed by atoms with E-state index in [0.717, 1.165) is 12.8 Å². The van der Waals surface area contributed by atoms with Crippen molar-refractivity contribution in [1.82, 2.24) is 10.3 Å². The summed E-state index contributed by atoms with van der Waals surface area (Å²) in [6, 6.07) is 11.8. The minimum Gasteiger partial charge on any atom is -0.477 e. The van der Waals surface area contributed by atoms with Crippen molar-refractivity contribution in [1.29, 1.82) is 0 Å². The summed E-state index contributed by atoms with van der Waals surface area (Å²) in [4.78, 5) is 16.6. The summed E-state index contributed by atoms with van der Waals surface area (Å²) in [6.45, 7) is 2.37. The van der Waals surface area contributed by atoms with E-state index in [4.69, 9.17) is 4.74 Å². The summed E-state index contributed by atoms with van der Waals surface area (Å²) < 4.78 is 5.42. The lowest BCUT2D eigenvalue weighted by molar-refractivity contribution is 0.0932. The van der Waals surface area contributed by atoms with E-state index in [0.29, 0.717) is 18.1 Å². The van der Waals surface area contributed by atoms with Crippen LogP contribution in [0.1, 0.15) is 40.9 Å². The fraction of sp³-hybridized carbons (Fsp3) is 0.294. The second kappa shape index (κ2) is 5.95. The average Bonchev–Trinajstić information content (AvgIpc) is 2.91. The van der Waals surface area contributed by atoms with Crippen LogP contribution in [0.5, 0.6) is 5.88 Å². The molecule has 0 radical (unpaired) electrons. The molecule has 1 heterocycles. The number of carbonyl (C=O) groups excluding carboxylic acids is 1. The predicted molar refractivity (Wildman–Crippen MR) is 80.4 cm³/mol. The Kier molecular flexibility index (Phi) is 3.86. The Labute approximate surface area is 124 Å². The standard InChI is InChI=1S/C17H18N2O2/c1-2-21-17-14(8-5-11-18-17)16(20)19-15-10-9-12-6-3-4-7-13(12)15/h3-8,11,15H,2,9-10H2,1H3,(H,19,20). The monoisotopic (exact) mass is 282 g/mol. The van der Waals surface area contributed by atoms with Crippen molar-refractivity contribution in [3.05, 3.63) is 59.3 Å². The average molecular weight is 282 g/mol. The zero-order chi connectivity index (χ0) is 14.7. The van der Waals surface area contributed by atoms with E-state index >= 15 is 0 Å². The molecular formula is C17H18N2O2. The number of hydrogen-bond acceptors (Lipinski definition) is 3. The Balaban J connectivity index is 1.79. The molecule has 0 saturated carbocycles. The molecule has 1 amide bonds. The fourth-order valence-corrected chi connectivity index (χ4v) is 2.76. The van der Waals surface area contributed by atoms with E-state index in [1.165, 1.54) is 11.1 Å². The van der Waals surface area contributed by atoms with E-state index < -0.39 is 0 Å². The lowest BCUT2D eigenvalue weighted by Crippen LogP contribution is -2.27. The number of nitrogens with zero attached hydrogens (tertiary/aromatic N) is 1. The smallest absolute Gasteiger partial charge is 0.257 e. The highest BCUT2D eigenvalue weighted by Crippen LogP contribution is 2.31. The third kappa shape index (κ3) is 2.75. The number of carbonyl (C=O) groups is 1. The third-order valence-corrected chi connectivity index (χ3v) is 3.74. The molecule has 3 rings (SSSR count). The fourth-order valence-electron chi connectivity index (χ4n) is 2.76. The van der Waals surface area contributed by atoms with Gasteiger partial charge in [0.15, 0.2) is 0 Å². The summed E-state index contributed by atoms with van der Waals surface area (Å²) in [6.07, 6.45) is 3.58. The number of amides is 1. The molecule has 0 spiro atoms. The summed E-state index contributed by atoms with van der Waals surface area (Å²) in [7, 11) is 0. The molecule has 1 unspecified atom stereocenters. The Morgan fingerprint density at radius 3 is 3.05 bits per heavy atom. The van der Waals surface area contributed by atoms with Gasteiger partial charge in [0.1, 0.15) is 5.56 Å². The van der Waals surface area contributed by atoms with Crippen LogP contribution >= 0.6 is 0 Å². The van der Waals surface area contributed by atoms with Gasteiger partial charge in [0, 0.05) is 6.20 Å². The molecule has 0 aliphatic heterocycles. The first-order chi connectivity index (χ1) is 10.3. The van der Waals surface area contributed by atoms with Gasteiger partial charge in [-0.3, -0.25) is 4.79 Å². The Morgan fingerprint density at radius 1 is 1.33 bits per heavy atom. The summed E-state index contributed by atoms with van der Waals surface area (Å²) in [5.41, 5.74) is 3.02. The molecule has 2 aromatic rings. The van der Waals surface area contributed by atoms with E-state index in [1.54, 1.807) is 18.3 Å². The lowest BCUT2D eigenvalue weighted by atomic mass is 10.1. The van der Waals surface area contributed by atoms with Gasteiger partial charge in [0.25, 0.3) is 5.91 Å². The van der Waals surface area contributed by atoms with Gasteiger partial charge >= 0.3 is 0 Å². The number of ether oxygens (including phenoxy) is 1. The minimum absolute atomic E-state index is 0.0726. The van der Waals surface area contributed by atoms with Gasteiger partial charge in [-0.15, -0.1) is 0 Å². The number of aromatic nitrogens is 1. The molecule has 1 aliphatic carbocycles. The predicted octanol–water partition coefficient (Wildman–Crippen LogP) is 2.90. The SMILES string of the molecule is CCOc1ncccc1C(=O)NC1CCc2ccccc21. The van der Waals surface area contributed by atoms with Gasteiger partial charge in [0.05, 0.1) is 12.6 Å². The molecule has 21 heavy (non-hydrogen) atoms. The maximum Gasteiger partial charge on any atom is 0.257 e. The molecule has 1 aromatic heterocycles. The van der Waals surface area contributed by atoms with E-state index in [9.17, 15) is 4.79 Å². The topological polar surface area (TPSA) is 51.2 Å². The zero-order valence-corrected chi connectivity index (χ0v) is 12.0. The lowest BCUT2D eigenvalue weighted by Gasteiger charge is -2.15. The van der Waals surface area contributed by atoms with Crippen molar-refractivity contribution in [3.8, 4) is 5.88 Å². The first kappa shape index (κ1) is 13.6. The molecule has 4 nitrogen and oxygen atoms in total. The van der Waals surface area contributed by atoms with Crippen molar-refractivity contribution >= 4 is 5.91 Å². The molecule has 0 fully saturated rings.